The Morgan fingerprint density at radius 2 is 2.28 bits per heavy atom. The molecule has 5 unspecified atom stereocenters. The Kier molecular flexibility index (Phi) is 3.92. The van der Waals surface area contributed by atoms with Crippen molar-refractivity contribution in [3.05, 3.63) is 0 Å². The second-order valence-corrected chi connectivity index (χ2v) is 6.47. The largest absolute Gasteiger partial charge is 0.373 e. The van der Waals surface area contributed by atoms with Crippen LogP contribution in [0.15, 0.2) is 0 Å². The van der Waals surface area contributed by atoms with Crippen molar-refractivity contribution in [3.8, 4) is 0 Å². The molecule has 3 saturated heterocycles. The maximum Gasteiger partial charge on any atom is 0.0735 e. The van der Waals surface area contributed by atoms with Crippen molar-refractivity contribution in [3.63, 3.8) is 0 Å². The van der Waals surface area contributed by atoms with Crippen molar-refractivity contribution in [2.75, 3.05) is 19.6 Å². The van der Waals surface area contributed by atoms with Gasteiger partial charge in [0.25, 0.3) is 0 Å². The van der Waals surface area contributed by atoms with Crippen LogP contribution in [0.5, 0.6) is 0 Å². The summed E-state index contributed by atoms with van der Waals surface area (Å²) in [4.78, 5) is 2.74. The first kappa shape index (κ1) is 12.9. The molecular formula is C15H28N2O. The highest BCUT2D eigenvalue weighted by Gasteiger charge is 2.44. The fraction of sp³-hybridized carbons (Fsp3) is 1.00. The zero-order chi connectivity index (χ0) is 12.5. The summed E-state index contributed by atoms with van der Waals surface area (Å²) < 4.78 is 6.04. The van der Waals surface area contributed by atoms with E-state index in [-0.39, 0.29) is 0 Å². The summed E-state index contributed by atoms with van der Waals surface area (Å²) in [7, 11) is 0. The molecule has 3 fully saturated rings. The van der Waals surface area contributed by atoms with Crippen LogP contribution in [0, 0.1) is 5.92 Å². The van der Waals surface area contributed by atoms with Crippen LogP contribution in [0.4, 0.5) is 0 Å². The lowest BCUT2D eigenvalue weighted by Crippen LogP contribution is -2.48. The summed E-state index contributed by atoms with van der Waals surface area (Å²) in [6.45, 7) is 8.37. The van der Waals surface area contributed by atoms with Crippen LogP contribution >= 0.6 is 0 Å². The summed E-state index contributed by atoms with van der Waals surface area (Å²) in [5.74, 6) is 0.783. The minimum absolute atomic E-state index is 0.547. The van der Waals surface area contributed by atoms with Gasteiger partial charge in [0.05, 0.1) is 12.2 Å². The average Bonchev–Trinajstić information content (AvgIpc) is 2.93. The zero-order valence-corrected chi connectivity index (χ0v) is 11.9. The zero-order valence-electron chi connectivity index (χ0n) is 11.9. The lowest BCUT2D eigenvalue weighted by molar-refractivity contribution is 0.0671. The molecule has 0 aromatic rings. The topological polar surface area (TPSA) is 24.5 Å². The quantitative estimate of drug-likeness (QED) is 0.831. The van der Waals surface area contributed by atoms with Gasteiger partial charge in [0, 0.05) is 18.6 Å². The van der Waals surface area contributed by atoms with Crippen LogP contribution in [0.25, 0.3) is 0 Å². The number of nitrogens with zero attached hydrogens (tertiary/aromatic N) is 1. The molecule has 0 aliphatic carbocycles. The van der Waals surface area contributed by atoms with Crippen LogP contribution < -0.4 is 5.32 Å². The third kappa shape index (κ3) is 2.45. The van der Waals surface area contributed by atoms with Gasteiger partial charge in [-0.3, -0.25) is 4.90 Å². The summed E-state index contributed by atoms with van der Waals surface area (Å²) >= 11 is 0. The standard InChI is InChI=1S/C15H28N2O/c1-3-11(2)13-10-17(8-4-7-16-13)14-9-12-5-6-15(14)18-12/h11-16H,3-10H2,1-2H3. The van der Waals surface area contributed by atoms with Gasteiger partial charge in [0.2, 0.25) is 0 Å². The minimum Gasteiger partial charge on any atom is -0.373 e. The van der Waals surface area contributed by atoms with E-state index >= 15 is 0 Å². The van der Waals surface area contributed by atoms with Crippen molar-refractivity contribution >= 4 is 0 Å². The van der Waals surface area contributed by atoms with Crippen LogP contribution in [0.3, 0.4) is 0 Å². The van der Waals surface area contributed by atoms with E-state index in [0.29, 0.717) is 18.2 Å². The highest BCUT2D eigenvalue weighted by molar-refractivity contribution is 4.97. The maximum absolute atomic E-state index is 6.04. The summed E-state index contributed by atoms with van der Waals surface area (Å²) in [6, 6.07) is 1.40. The number of fused-ring (bicyclic) bond motifs is 2. The molecule has 3 aliphatic rings. The van der Waals surface area contributed by atoms with Crippen molar-refractivity contribution in [2.24, 2.45) is 5.92 Å². The van der Waals surface area contributed by atoms with Crippen molar-refractivity contribution < 1.29 is 4.74 Å². The highest BCUT2D eigenvalue weighted by Crippen LogP contribution is 2.37. The molecule has 0 aromatic heterocycles. The second kappa shape index (κ2) is 5.48. The highest BCUT2D eigenvalue weighted by atomic mass is 16.5. The van der Waals surface area contributed by atoms with Gasteiger partial charge in [-0.1, -0.05) is 20.3 Å². The van der Waals surface area contributed by atoms with Gasteiger partial charge < -0.3 is 10.1 Å². The number of nitrogens with one attached hydrogen (secondary N) is 1. The molecule has 3 nitrogen and oxygen atoms in total. The van der Waals surface area contributed by atoms with Gasteiger partial charge in [-0.15, -0.1) is 0 Å². The van der Waals surface area contributed by atoms with E-state index in [0.717, 1.165) is 12.0 Å². The molecule has 1 N–H and O–H groups in total. The molecule has 0 amide bonds. The SMILES string of the molecule is CCC(C)C1CN(C2CC3CCC2O3)CCCN1. The first-order valence-electron chi connectivity index (χ1n) is 7.90. The molecule has 3 heteroatoms. The van der Waals surface area contributed by atoms with E-state index in [1.54, 1.807) is 0 Å². The Morgan fingerprint density at radius 3 is 2.94 bits per heavy atom. The van der Waals surface area contributed by atoms with Crippen molar-refractivity contribution in [1.82, 2.24) is 10.2 Å². The Morgan fingerprint density at radius 1 is 1.39 bits per heavy atom. The van der Waals surface area contributed by atoms with Gasteiger partial charge in [0.1, 0.15) is 0 Å². The number of ether oxygens (including phenoxy) is 1. The van der Waals surface area contributed by atoms with Gasteiger partial charge in [-0.25, -0.2) is 0 Å². The second-order valence-electron chi connectivity index (χ2n) is 6.47. The van der Waals surface area contributed by atoms with Gasteiger partial charge in [0.15, 0.2) is 0 Å². The Balaban J connectivity index is 1.64. The molecule has 0 aromatic carbocycles. The summed E-state index contributed by atoms with van der Waals surface area (Å²) in [6.07, 6.45) is 7.59. The monoisotopic (exact) mass is 252 g/mol. The molecule has 18 heavy (non-hydrogen) atoms. The van der Waals surface area contributed by atoms with E-state index in [1.165, 1.54) is 51.7 Å². The molecule has 2 bridgehead atoms. The number of hydrogen-bond acceptors (Lipinski definition) is 3. The summed E-state index contributed by atoms with van der Waals surface area (Å²) in [5.41, 5.74) is 0. The predicted molar refractivity (Wildman–Crippen MR) is 73.7 cm³/mol. The van der Waals surface area contributed by atoms with Crippen LogP contribution in [-0.4, -0.2) is 48.8 Å². The smallest absolute Gasteiger partial charge is 0.0735 e. The maximum atomic E-state index is 6.04. The molecule has 3 heterocycles. The van der Waals surface area contributed by atoms with Crippen LogP contribution in [0.1, 0.15) is 46.0 Å². The van der Waals surface area contributed by atoms with E-state index in [4.69, 9.17) is 4.74 Å². The Hall–Kier alpha value is -0.120. The van der Waals surface area contributed by atoms with Crippen LogP contribution in [0.2, 0.25) is 0 Å². The minimum atomic E-state index is 0.547. The number of hydrogen-bond donors (Lipinski definition) is 1. The summed E-state index contributed by atoms with van der Waals surface area (Å²) in [5, 5.41) is 3.75. The van der Waals surface area contributed by atoms with E-state index < -0.39 is 0 Å². The number of rotatable bonds is 3. The lowest BCUT2D eigenvalue weighted by Gasteiger charge is -2.35. The Bertz CT molecular complexity index is 284. The average molecular weight is 252 g/mol. The first-order valence-corrected chi connectivity index (χ1v) is 7.90. The van der Waals surface area contributed by atoms with Gasteiger partial charge in [-0.05, 0) is 44.7 Å². The normalized spacial score (nSPS) is 43.0. The molecule has 0 radical (unpaired) electrons. The molecule has 3 aliphatic heterocycles. The van der Waals surface area contributed by atoms with E-state index in [1.807, 2.05) is 0 Å². The fourth-order valence-corrected chi connectivity index (χ4v) is 3.94. The van der Waals surface area contributed by atoms with Gasteiger partial charge >= 0.3 is 0 Å². The third-order valence-electron chi connectivity index (χ3n) is 5.33. The Labute approximate surface area is 111 Å². The predicted octanol–water partition coefficient (Wildman–Crippen LogP) is 2.02. The molecule has 104 valence electrons. The van der Waals surface area contributed by atoms with Crippen molar-refractivity contribution in [1.29, 1.82) is 0 Å². The molecule has 5 atom stereocenters. The third-order valence-corrected chi connectivity index (χ3v) is 5.33. The first-order chi connectivity index (χ1) is 8.78. The fourth-order valence-electron chi connectivity index (χ4n) is 3.94. The van der Waals surface area contributed by atoms with E-state index in [2.05, 4.69) is 24.1 Å². The molecule has 0 saturated carbocycles. The van der Waals surface area contributed by atoms with Crippen molar-refractivity contribution in [2.45, 2.75) is 70.2 Å². The lowest BCUT2D eigenvalue weighted by atomic mass is 9.92. The van der Waals surface area contributed by atoms with Gasteiger partial charge in [-0.2, -0.15) is 0 Å². The van der Waals surface area contributed by atoms with E-state index in [9.17, 15) is 0 Å². The van der Waals surface area contributed by atoms with Crippen LogP contribution in [-0.2, 0) is 4.74 Å². The molecule has 3 rings (SSSR count). The molecular weight excluding hydrogens is 224 g/mol. The molecule has 0 spiro atoms.